The van der Waals surface area contributed by atoms with E-state index >= 15 is 0 Å². The molecule has 0 saturated heterocycles. The molecular weight excluding hydrogens is 259 g/mol. The van der Waals surface area contributed by atoms with Gasteiger partial charge in [-0.15, -0.1) is 0 Å². The summed E-state index contributed by atoms with van der Waals surface area (Å²) in [5, 5.41) is 4.30. The molecule has 3 aromatic rings. The first-order valence-electron chi connectivity index (χ1n) is 5.95. The maximum atomic E-state index is 11.4. The lowest BCUT2D eigenvalue weighted by molar-refractivity contribution is 0.350. The maximum absolute atomic E-state index is 11.4. The SMILES string of the molecule is CO[PH](=O)Oc1cccc2cc3ccccc3cc12. The van der Waals surface area contributed by atoms with E-state index < -0.39 is 8.25 Å². The van der Waals surface area contributed by atoms with Gasteiger partial charge in [-0.25, -0.2) is 4.57 Å². The molecule has 96 valence electrons. The average molecular weight is 272 g/mol. The van der Waals surface area contributed by atoms with Crippen molar-refractivity contribution in [2.75, 3.05) is 7.11 Å². The van der Waals surface area contributed by atoms with Gasteiger partial charge in [0.2, 0.25) is 0 Å². The third kappa shape index (κ3) is 2.35. The molecule has 1 unspecified atom stereocenters. The van der Waals surface area contributed by atoms with Crippen LogP contribution in [-0.4, -0.2) is 7.11 Å². The van der Waals surface area contributed by atoms with Crippen LogP contribution in [0.25, 0.3) is 21.5 Å². The summed E-state index contributed by atoms with van der Waals surface area (Å²) in [7, 11) is -1.10. The summed E-state index contributed by atoms with van der Waals surface area (Å²) in [4.78, 5) is 0. The Morgan fingerprint density at radius 2 is 1.58 bits per heavy atom. The monoisotopic (exact) mass is 272 g/mol. The maximum Gasteiger partial charge on any atom is 0.367 e. The van der Waals surface area contributed by atoms with Crippen LogP contribution < -0.4 is 4.52 Å². The van der Waals surface area contributed by atoms with Crippen molar-refractivity contribution >= 4 is 29.8 Å². The summed E-state index contributed by atoms with van der Waals surface area (Å²) in [6.45, 7) is 0. The molecule has 0 heterocycles. The van der Waals surface area contributed by atoms with Crippen molar-refractivity contribution in [1.29, 1.82) is 0 Å². The lowest BCUT2D eigenvalue weighted by Gasteiger charge is -2.09. The summed E-state index contributed by atoms with van der Waals surface area (Å²) in [6, 6.07) is 18.0. The minimum absolute atomic E-state index is 0.592. The van der Waals surface area contributed by atoms with Crippen LogP contribution in [0.4, 0.5) is 0 Å². The van der Waals surface area contributed by atoms with Gasteiger partial charge in [0, 0.05) is 12.5 Å². The molecule has 0 fully saturated rings. The second kappa shape index (κ2) is 5.04. The number of benzene rings is 3. The fourth-order valence-corrected chi connectivity index (χ4v) is 2.60. The van der Waals surface area contributed by atoms with E-state index in [1.54, 1.807) is 6.07 Å². The number of rotatable bonds is 3. The van der Waals surface area contributed by atoms with Crippen molar-refractivity contribution in [2.24, 2.45) is 0 Å². The highest BCUT2D eigenvalue weighted by Crippen LogP contribution is 2.35. The lowest BCUT2D eigenvalue weighted by Crippen LogP contribution is -1.85. The molecule has 3 nitrogen and oxygen atoms in total. The normalized spacial score (nSPS) is 12.7. The molecule has 0 spiro atoms. The Hall–Kier alpha value is -1.83. The Morgan fingerprint density at radius 3 is 2.32 bits per heavy atom. The molecule has 0 radical (unpaired) electrons. The zero-order valence-corrected chi connectivity index (χ0v) is 11.4. The van der Waals surface area contributed by atoms with Crippen LogP contribution in [0, 0.1) is 0 Å². The first-order chi connectivity index (χ1) is 9.28. The molecule has 0 N–H and O–H groups in total. The van der Waals surface area contributed by atoms with Crippen LogP contribution in [0.5, 0.6) is 5.75 Å². The third-order valence-electron chi connectivity index (χ3n) is 3.07. The van der Waals surface area contributed by atoms with Crippen molar-refractivity contribution in [3.05, 3.63) is 54.6 Å². The van der Waals surface area contributed by atoms with Crippen LogP contribution in [0.3, 0.4) is 0 Å². The van der Waals surface area contributed by atoms with E-state index in [9.17, 15) is 4.57 Å². The van der Waals surface area contributed by atoms with Crippen molar-refractivity contribution in [3.63, 3.8) is 0 Å². The van der Waals surface area contributed by atoms with Crippen LogP contribution in [0.15, 0.2) is 54.6 Å². The van der Waals surface area contributed by atoms with Crippen LogP contribution in [0.1, 0.15) is 0 Å². The molecule has 3 rings (SSSR count). The molecule has 3 aromatic carbocycles. The Balaban J connectivity index is 2.23. The number of hydrogen-bond donors (Lipinski definition) is 0. The second-order valence-corrected chi connectivity index (χ2v) is 5.35. The molecule has 4 heteroatoms. The van der Waals surface area contributed by atoms with Crippen LogP contribution >= 0.6 is 8.25 Å². The predicted molar refractivity (Wildman–Crippen MR) is 78.1 cm³/mol. The fourth-order valence-electron chi connectivity index (χ4n) is 2.16. The Morgan fingerprint density at radius 1 is 0.895 bits per heavy atom. The summed E-state index contributed by atoms with van der Waals surface area (Å²) in [6.07, 6.45) is 0. The zero-order valence-electron chi connectivity index (χ0n) is 10.4. The molecule has 0 bridgehead atoms. The van der Waals surface area contributed by atoms with Gasteiger partial charge in [0.05, 0.1) is 0 Å². The van der Waals surface area contributed by atoms with Gasteiger partial charge in [0.15, 0.2) is 0 Å². The van der Waals surface area contributed by atoms with E-state index in [-0.39, 0.29) is 0 Å². The molecule has 0 aliphatic carbocycles. The van der Waals surface area contributed by atoms with Crippen molar-refractivity contribution in [2.45, 2.75) is 0 Å². The fraction of sp³-hybridized carbons (Fsp3) is 0.0667. The molecule has 0 aliphatic heterocycles. The quantitative estimate of drug-likeness (QED) is 0.523. The van der Waals surface area contributed by atoms with Gasteiger partial charge in [-0.2, -0.15) is 0 Å². The smallest absolute Gasteiger partial charge is 0.367 e. The van der Waals surface area contributed by atoms with Gasteiger partial charge < -0.3 is 9.05 Å². The molecule has 0 aliphatic rings. The van der Waals surface area contributed by atoms with E-state index in [1.807, 2.05) is 36.4 Å². The van der Waals surface area contributed by atoms with Gasteiger partial charge in [0.1, 0.15) is 5.75 Å². The Bertz CT molecular complexity index is 768. The highest BCUT2D eigenvalue weighted by Gasteiger charge is 2.06. The van der Waals surface area contributed by atoms with Crippen LogP contribution in [-0.2, 0) is 9.09 Å². The minimum Gasteiger partial charge on any atom is -0.426 e. The summed E-state index contributed by atoms with van der Waals surface area (Å²) < 4.78 is 21.5. The van der Waals surface area contributed by atoms with Gasteiger partial charge in [-0.05, 0) is 34.4 Å². The zero-order chi connectivity index (χ0) is 13.2. The van der Waals surface area contributed by atoms with E-state index in [0.29, 0.717) is 5.75 Å². The molecule has 0 amide bonds. The summed E-state index contributed by atoms with van der Waals surface area (Å²) in [5.41, 5.74) is 0. The third-order valence-corrected chi connectivity index (χ3v) is 3.79. The van der Waals surface area contributed by atoms with Crippen LogP contribution in [0.2, 0.25) is 0 Å². The van der Waals surface area contributed by atoms with Crippen molar-refractivity contribution in [1.82, 2.24) is 0 Å². The summed E-state index contributed by atoms with van der Waals surface area (Å²) >= 11 is 0. The predicted octanol–water partition coefficient (Wildman–Crippen LogP) is 4.41. The van der Waals surface area contributed by atoms with Crippen molar-refractivity contribution < 1.29 is 13.6 Å². The molecule has 0 aromatic heterocycles. The Labute approximate surface area is 111 Å². The average Bonchev–Trinajstić information content (AvgIpc) is 2.45. The topological polar surface area (TPSA) is 35.5 Å². The molecular formula is C15H13O3P. The summed E-state index contributed by atoms with van der Waals surface area (Å²) in [5.74, 6) is 0.592. The first-order valence-corrected chi connectivity index (χ1v) is 7.18. The van der Waals surface area contributed by atoms with Gasteiger partial charge in [-0.3, -0.25) is 0 Å². The van der Waals surface area contributed by atoms with Gasteiger partial charge in [0.25, 0.3) is 0 Å². The van der Waals surface area contributed by atoms with E-state index in [4.69, 9.17) is 9.05 Å². The van der Waals surface area contributed by atoms with Gasteiger partial charge >= 0.3 is 8.25 Å². The van der Waals surface area contributed by atoms with E-state index in [0.717, 1.165) is 16.2 Å². The number of fused-ring (bicyclic) bond motifs is 2. The highest BCUT2D eigenvalue weighted by molar-refractivity contribution is 7.33. The molecule has 19 heavy (non-hydrogen) atoms. The standard InChI is InChI=1S/C15H13O3P/c1-17-19(16)18-15-8-4-7-13-9-11-5-2-3-6-12(11)10-14(13)15/h2-10,19H,1H3. The first kappa shape index (κ1) is 12.2. The number of hydrogen-bond acceptors (Lipinski definition) is 3. The largest absolute Gasteiger partial charge is 0.426 e. The van der Waals surface area contributed by atoms with Crippen molar-refractivity contribution in [3.8, 4) is 5.75 Å². The second-order valence-electron chi connectivity index (χ2n) is 4.23. The minimum atomic E-state index is -2.47. The van der Waals surface area contributed by atoms with E-state index in [1.165, 1.54) is 12.5 Å². The Kier molecular flexibility index (Phi) is 3.24. The highest BCUT2D eigenvalue weighted by atomic mass is 31.1. The van der Waals surface area contributed by atoms with E-state index in [2.05, 4.69) is 12.1 Å². The lowest BCUT2D eigenvalue weighted by atomic mass is 10.0. The molecule has 0 saturated carbocycles. The van der Waals surface area contributed by atoms with Gasteiger partial charge in [-0.1, -0.05) is 36.4 Å². The molecule has 1 atom stereocenters.